The lowest BCUT2D eigenvalue weighted by Crippen LogP contribution is -2.18. The maximum absolute atomic E-state index is 11.9. The highest BCUT2D eigenvalue weighted by Gasteiger charge is 2.32. The van der Waals surface area contributed by atoms with Gasteiger partial charge in [-0.15, -0.1) is 13.2 Å². The van der Waals surface area contributed by atoms with Crippen LogP contribution in [0, 0.1) is 11.3 Å². The van der Waals surface area contributed by atoms with Gasteiger partial charge in [-0.2, -0.15) is 5.26 Å². The van der Waals surface area contributed by atoms with Crippen molar-refractivity contribution in [2.45, 2.75) is 13.3 Å². The molecule has 96 valence electrons. The van der Waals surface area contributed by atoms with Crippen LogP contribution in [0.5, 0.6) is 5.88 Å². The molecule has 0 amide bonds. The number of rotatable bonds is 3. The topological polar surface area (TPSA) is 72.2 Å². The SMILES string of the molecule is CCOC(=O)c1ccc(OC(F)(F)F)nc1C#N. The van der Waals surface area contributed by atoms with Crippen molar-refractivity contribution in [1.29, 1.82) is 5.26 Å². The van der Waals surface area contributed by atoms with Crippen molar-refractivity contribution in [3.63, 3.8) is 0 Å². The largest absolute Gasteiger partial charge is 0.574 e. The first-order valence-electron chi connectivity index (χ1n) is 4.71. The van der Waals surface area contributed by atoms with Crippen molar-refractivity contribution in [3.8, 4) is 11.9 Å². The molecule has 0 bridgehead atoms. The second-order valence-corrected chi connectivity index (χ2v) is 2.93. The normalized spacial score (nSPS) is 10.6. The fourth-order valence-corrected chi connectivity index (χ4v) is 1.08. The molecule has 0 aliphatic rings. The molecule has 1 rings (SSSR count). The van der Waals surface area contributed by atoms with Gasteiger partial charge in [-0.25, -0.2) is 9.78 Å². The number of aromatic nitrogens is 1. The van der Waals surface area contributed by atoms with Crippen LogP contribution < -0.4 is 4.74 Å². The van der Waals surface area contributed by atoms with E-state index in [4.69, 9.17) is 5.26 Å². The highest BCUT2D eigenvalue weighted by atomic mass is 19.4. The van der Waals surface area contributed by atoms with Gasteiger partial charge < -0.3 is 9.47 Å². The van der Waals surface area contributed by atoms with E-state index >= 15 is 0 Å². The fraction of sp³-hybridized carbons (Fsp3) is 0.300. The van der Waals surface area contributed by atoms with E-state index in [1.54, 1.807) is 6.92 Å². The van der Waals surface area contributed by atoms with Gasteiger partial charge in [0.25, 0.3) is 0 Å². The summed E-state index contributed by atoms with van der Waals surface area (Å²) in [6, 6.07) is 3.33. The molecule has 0 aliphatic carbocycles. The summed E-state index contributed by atoms with van der Waals surface area (Å²) in [5.74, 6) is -1.65. The lowest BCUT2D eigenvalue weighted by atomic mass is 10.2. The highest BCUT2D eigenvalue weighted by molar-refractivity contribution is 5.91. The number of carbonyl (C=O) groups is 1. The summed E-state index contributed by atoms with van der Waals surface area (Å²) in [6.45, 7) is 1.63. The summed E-state index contributed by atoms with van der Waals surface area (Å²) in [6.07, 6.45) is -4.91. The van der Waals surface area contributed by atoms with Crippen LogP contribution in [0.3, 0.4) is 0 Å². The second-order valence-electron chi connectivity index (χ2n) is 2.93. The third-order valence-electron chi connectivity index (χ3n) is 1.69. The summed E-state index contributed by atoms with van der Waals surface area (Å²) in [5.41, 5.74) is -0.705. The summed E-state index contributed by atoms with van der Waals surface area (Å²) < 4.78 is 43.9. The zero-order valence-electron chi connectivity index (χ0n) is 9.11. The number of nitrogens with zero attached hydrogens (tertiary/aromatic N) is 2. The average molecular weight is 260 g/mol. The Morgan fingerprint density at radius 2 is 2.17 bits per heavy atom. The van der Waals surface area contributed by atoms with E-state index < -0.39 is 23.9 Å². The van der Waals surface area contributed by atoms with Gasteiger partial charge in [0.15, 0.2) is 5.69 Å². The van der Waals surface area contributed by atoms with E-state index in [2.05, 4.69) is 14.5 Å². The van der Waals surface area contributed by atoms with Gasteiger partial charge in [0.1, 0.15) is 6.07 Å². The van der Waals surface area contributed by atoms with Crippen LogP contribution in [0.15, 0.2) is 12.1 Å². The Bertz CT molecular complexity index is 494. The Morgan fingerprint density at radius 3 is 2.67 bits per heavy atom. The van der Waals surface area contributed by atoms with E-state index in [0.717, 1.165) is 12.1 Å². The van der Waals surface area contributed by atoms with Crippen LogP contribution >= 0.6 is 0 Å². The first-order chi connectivity index (χ1) is 8.37. The smallest absolute Gasteiger partial charge is 0.462 e. The Kier molecular flexibility index (Phi) is 4.09. The van der Waals surface area contributed by atoms with Gasteiger partial charge in [0.2, 0.25) is 5.88 Å². The predicted octanol–water partition coefficient (Wildman–Crippen LogP) is 2.03. The van der Waals surface area contributed by atoms with E-state index in [9.17, 15) is 18.0 Å². The molecule has 0 spiro atoms. The second kappa shape index (κ2) is 5.35. The number of nitriles is 1. The number of alkyl halides is 3. The van der Waals surface area contributed by atoms with Gasteiger partial charge in [-0.3, -0.25) is 0 Å². The summed E-state index contributed by atoms with van der Waals surface area (Å²) in [4.78, 5) is 14.6. The summed E-state index contributed by atoms with van der Waals surface area (Å²) in [7, 11) is 0. The third kappa shape index (κ3) is 3.62. The van der Waals surface area contributed by atoms with Gasteiger partial charge in [-0.1, -0.05) is 0 Å². The molecule has 0 fully saturated rings. The van der Waals surface area contributed by atoms with E-state index in [1.807, 2.05) is 0 Å². The predicted molar refractivity (Wildman–Crippen MR) is 51.6 cm³/mol. The molecule has 5 nitrogen and oxygen atoms in total. The molecule has 8 heteroatoms. The Morgan fingerprint density at radius 1 is 1.50 bits per heavy atom. The summed E-state index contributed by atoms with van der Waals surface area (Å²) in [5, 5.41) is 8.70. The Hall–Kier alpha value is -2.30. The molecule has 0 saturated carbocycles. The molecule has 0 atom stereocenters. The summed E-state index contributed by atoms with van der Waals surface area (Å²) >= 11 is 0. The molecule has 1 heterocycles. The molecule has 18 heavy (non-hydrogen) atoms. The number of esters is 1. The molecule has 0 unspecified atom stereocenters. The number of hydrogen-bond acceptors (Lipinski definition) is 5. The molecule has 0 radical (unpaired) electrons. The maximum atomic E-state index is 11.9. The van der Waals surface area contributed by atoms with Crippen molar-refractivity contribution in [1.82, 2.24) is 4.98 Å². The lowest BCUT2D eigenvalue weighted by molar-refractivity contribution is -0.276. The van der Waals surface area contributed by atoms with Gasteiger partial charge in [0.05, 0.1) is 12.2 Å². The van der Waals surface area contributed by atoms with Crippen molar-refractivity contribution in [3.05, 3.63) is 23.4 Å². The number of halogens is 3. The lowest BCUT2D eigenvalue weighted by Gasteiger charge is -2.09. The zero-order valence-corrected chi connectivity index (χ0v) is 9.11. The number of carbonyl (C=O) groups excluding carboxylic acids is 1. The van der Waals surface area contributed by atoms with Gasteiger partial charge in [0, 0.05) is 6.07 Å². The number of ether oxygens (including phenoxy) is 2. The van der Waals surface area contributed by atoms with Crippen LogP contribution in [-0.4, -0.2) is 23.9 Å². The van der Waals surface area contributed by atoms with Crippen molar-refractivity contribution < 1.29 is 27.4 Å². The quantitative estimate of drug-likeness (QED) is 0.777. The first kappa shape index (κ1) is 13.8. The van der Waals surface area contributed by atoms with Crippen molar-refractivity contribution in [2.24, 2.45) is 0 Å². The molecule has 1 aromatic heterocycles. The van der Waals surface area contributed by atoms with E-state index in [0.29, 0.717) is 0 Å². The van der Waals surface area contributed by atoms with Crippen LogP contribution in [0.2, 0.25) is 0 Å². The third-order valence-corrected chi connectivity index (χ3v) is 1.69. The fourth-order valence-electron chi connectivity index (χ4n) is 1.08. The monoisotopic (exact) mass is 260 g/mol. The molecule has 0 N–H and O–H groups in total. The van der Waals surface area contributed by atoms with Crippen LogP contribution in [0.1, 0.15) is 23.0 Å². The first-order valence-corrected chi connectivity index (χ1v) is 4.71. The van der Waals surface area contributed by atoms with E-state index in [-0.39, 0.29) is 12.2 Å². The Labute approximate surface area is 99.8 Å². The van der Waals surface area contributed by atoms with Crippen LogP contribution in [-0.2, 0) is 4.74 Å². The standard InChI is InChI=1S/C10H7F3N2O3/c1-2-17-9(16)6-3-4-8(15-7(6)5-14)18-10(11,12)13/h3-4H,2H2,1H3. The van der Waals surface area contributed by atoms with Gasteiger partial charge >= 0.3 is 12.3 Å². The molecule has 0 saturated heterocycles. The molecule has 0 aliphatic heterocycles. The van der Waals surface area contributed by atoms with E-state index in [1.165, 1.54) is 6.07 Å². The maximum Gasteiger partial charge on any atom is 0.574 e. The number of pyridine rings is 1. The average Bonchev–Trinajstić information content (AvgIpc) is 2.27. The molecular formula is C10H7F3N2O3. The molecular weight excluding hydrogens is 253 g/mol. The van der Waals surface area contributed by atoms with Crippen LogP contribution in [0.25, 0.3) is 0 Å². The highest BCUT2D eigenvalue weighted by Crippen LogP contribution is 2.22. The molecule has 1 aromatic rings. The minimum Gasteiger partial charge on any atom is -0.462 e. The minimum absolute atomic E-state index is 0.0739. The van der Waals surface area contributed by atoms with Crippen molar-refractivity contribution in [2.75, 3.05) is 6.61 Å². The van der Waals surface area contributed by atoms with Crippen LogP contribution in [0.4, 0.5) is 13.2 Å². The zero-order chi connectivity index (χ0) is 13.8. The Balaban J connectivity index is 3.05. The van der Waals surface area contributed by atoms with Crippen molar-refractivity contribution >= 4 is 5.97 Å². The molecule has 0 aromatic carbocycles. The van der Waals surface area contributed by atoms with Gasteiger partial charge in [-0.05, 0) is 13.0 Å². The minimum atomic E-state index is -4.91. The number of hydrogen-bond donors (Lipinski definition) is 0.